The second kappa shape index (κ2) is 4.86. The van der Waals surface area contributed by atoms with Gasteiger partial charge in [-0.1, -0.05) is 12.1 Å². The minimum absolute atomic E-state index is 0.00627. The molecule has 2 unspecified atom stereocenters. The first kappa shape index (κ1) is 13.6. The Labute approximate surface area is 120 Å². The van der Waals surface area contributed by atoms with E-state index in [4.69, 9.17) is 9.72 Å². The molecule has 0 bridgehead atoms. The van der Waals surface area contributed by atoms with E-state index in [9.17, 15) is 0 Å². The van der Waals surface area contributed by atoms with Crippen LogP contribution >= 0.6 is 0 Å². The first-order chi connectivity index (χ1) is 9.52. The molecule has 0 spiro atoms. The zero-order valence-corrected chi connectivity index (χ0v) is 12.7. The first-order valence-corrected chi connectivity index (χ1v) is 7.25. The zero-order chi connectivity index (χ0) is 14.3. The van der Waals surface area contributed by atoms with Gasteiger partial charge in [0.15, 0.2) is 0 Å². The Kier molecular flexibility index (Phi) is 3.30. The summed E-state index contributed by atoms with van der Waals surface area (Å²) in [6.07, 6.45) is 0. The Hall–Kier alpha value is -1.39. The molecule has 20 heavy (non-hydrogen) atoms. The number of aromatic nitrogens is 2. The van der Waals surface area contributed by atoms with Crippen LogP contribution in [0.2, 0.25) is 0 Å². The zero-order valence-electron chi connectivity index (χ0n) is 12.7. The van der Waals surface area contributed by atoms with Gasteiger partial charge in [0.05, 0.1) is 30.2 Å². The van der Waals surface area contributed by atoms with Crippen LogP contribution in [0, 0.1) is 0 Å². The van der Waals surface area contributed by atoms with E-state index in [0.29, 0.717) is 12.0 Å². The number of nitrogens with zero attached hydrogens (tertiary/aromatic N) is 2. The normalized spacial score (nSPS) is 23.6. The van der Waals surface area contributed by atoms with E-state index in [1.165, 1.54) is 5.52 Å². The van der Waals surface area contributed by atoms with Crippen molar-refractivity contribution < 1.29 is 4.74 Å². The van der Waals surface area contributed by atoms with E-state index in [2.05, 4.69) is 48.9 Å². The number of likely N-dealkylation sites (N-methyl/N-ethyl adjacent to an activating group) is 1. The molecule has 1 fully saturated rings. The quantitative estimate of drug-likeness (QED) is 0.913. The van der Waals surface area contributed by atoms with Crippen molar-refractivity contribution in [2.24, 2.45) is 0 Å². The summed E-state index contributed by atoms with van der Waals surface area (Å²) in [6.45, 7) is 8.19. The van der Waals surface area contributed by atoms with Crippen LogP contribution in [0.1, 0.15) is 32.5 Å². The fourth-order valence-electron chi connectivity index (χ4n) is 3.09. The number of nitrogens with one attached hydrogen (secondary N) is 1. The molecule has 108 valence electrons. The maximum absolute atomic E-state index is 5.66. The number of imidazole rings is 1. The molecular weight excluding hydrogens is 250 g/mol. The van der Waals surface area contributed by atoms with E-state index >= 15 is 0 Å². The van der Waals surface area contributed by atoms with Gasteiger partial charge in [-0.15, -0.1) is 0 Å². The SMILES string of the molecule is CNC1COCC1c1nc2ccccc2n1C(C)(C)C. The van der Waals surface area contributed by atoms with Gasteiger partial charge in [0.25, 0.3) is 0 Å². The van der Waals surface area contributed by atoms with E-state index in [0.717, 1.165) is 24.6 Å². The van der Waals surface area contributed by atoms with Gasteiger partial charge in [-0.2, -0.15) is 0 Å². The third kappa shape index (κ3) is 2.13. The van der Waals surface area contributed by atoms with Crippen molar-refractivity contribution in [3.05, 3.63) is 30.1 Å². The van der Waals surface area contributed by atoms with E-state index in [1.807, 2.05) is 13.1 Å². The highest BCUT2D eigenvalue weighted by Gasteiger charge is 2.34. The van der Waals surface area contributed by atoms with Crippen LogP contribution in [0.25, 0.3) is 11.0 Å². The minimum atomic E-state index is 0.00627. The van der Waals surface area contributed by atoms with Gasteiger partial charge < -0.3 is 14.6 Å². The lowest BCUT2D eigenvalue weighted by molar-refractivity contribution is 0.187. The monoisotopic (exact) mass is 273 g/mol. The van der Waals surface area contributed by atoms with Gasteiger partial charge in [0.2, 0.25) is 0 Å². The van der Waals surface area contributed by atoms with Crippen molar-refractivity contribution >= 4 is 11.0 Å². The summed E-state index contributed by atoms with van der Waals surface area (Å²) in [5.74, 6) is 1.45. The van der Waals surface area contributed by atoms with E-state index in [-0.39, 0.29) is 5.54 Å². The van der Waals surface area contributed by atoms with Crippen LogP contribution in [0.3, 0.4) is 0 Å². The summed E-state index contributed by atoms with van der Waals surface area (Å²) in [4.78, 5) is 4.90. The number of para-hydroxylation sites is 2. The smallest absolute Gasteiger partial charge is 0.117 e. The molecule has 0 amide bonds. The fourth-order valence-corrected chi connectivity index (χ4v) is 3.09. The Balaban J connectivity index is 2.19. The molecule has 2 heterocycles. The van der Waals surface area contributed by atoms with Crippen molar-refractivity contribution in [3.8, 4) is 0 Å². The summed E-state index contributed by atoms with van der Waals surface area (Å²) in [7, 11) is 2.00. The Morgan fingerprint density at radius 2 is 2.00 bits per heavy atom. The summed E-state index contributed by atoms with van der Waals surface area (Å²) < 4.78 is 8.03. The van der Waals surface area contributed by atoms with Crippen LogP contribution in [0.4, 0.5) is 0 Å². The van der Waals surface area contributed by atoms with Crippen LogP contribution in [0.15, 0.2) is 24.3 Å². The Morgan fingerprint density at radius 3 is 2.70 bits per heavy atom. The Bertz CT molecular complexity index is 612. The first-order valence-electron chi connectivity index (χ1n) is 7.25. The van der Waals surface area contributed by atoms with Gasteiger partial charge >= 0.3 is 0 Å². The molecule has 1 aromatic carbocycles. The summed E-state index contributed by atoms with van der Waals surface area (Å²) in [6, 6.07) is 8.71. The second-order valence-corrected chi connectivity index (χ2v) is 6.50. The lowest BCUT2D eigenvalue weighted by Gasteiger charge is -2.28. The van der Waals surface area contributed by atoms with E-state index in [1.54, 1.807) is 0 Å². The van der Waals surface area contributed by atoms with Crippen molar-refractivity contribution in [2.75, 3.05) is 20.3 Å². The number of fused-ring (bicyclic) bond motifs is 1. The molecule has 3 rings (SSSR count). The number of ether oxygens (including phenoxy) is 1. The molecule has 1 saturated heterocycles. The molecule has 2 atom stereocenters. The third-order valence-electron chi connectivity index (χ3n) is 4.04. The molecule has 2 aromatic rings. The van der Waals surface area contributed by atoms with Gasteiger partial charge in [-0.25, -0.2) is 4.98 Å². The highest BCUT2D eigenvalue weighted by molar-refractivity contribution is 5.76. The summed E-state index contributed by atoms with van der Waals surface area (Å²) in [5.41, 5.74) is 2.28. The average molecular weight is 273 g/mol. The molecule has 0 saturated carbocycles. The Morgan fingerprint density at radius 1 is 1.25 bits per heavy atom. The van der Waals surface area contributed by atoms with Crippen molar-refractivity contribution in [1.29, 1.82) is 0 Å². The van der Waals surface area contributed by atoms with Crippen molar-refractivity contribution in [2.45, 2.75) is 38.3 Å². The number of rotatable bonds is 2. The molecule has 1 N–H and O–H groups in total. The topological polar surface area (TPSA) is 39.1 Å². The molecule has 4 nitrogen and oxygen atoms in total. The molecule has 1 aliphatic rings. The number of benzene rings is 1. The highest BCUT2D eigenvalue weighted by atomic mass is 16.5. The van der Waals surface area contributed by atoms with E-state index < -0.39 is 0 Å². The molecule has 1 aromatic heterocycles. The number of hydrogen-bond acceptors (Lipinski definition) is 3. The maximum atomic E-state index is 5.66. The lowest BCUT2D eigenvalue weighted by atomic mass is 10.0. The predicted molar refractivity (Wildman–Crippen MR) is 81.1 cm³/mol. The highest BCUT2D eigenvalue weighted by Crippen LogP contribution is 2.32. The second-order valence-electron chi connectivity index (χ2n) is 6.50. The van der Waals surface area contributed by atoms with Crippen molar-refractivity contribution in [1.82, 2.24) is 14.9 Å². The number of hydrogen-bond donors (Lipinski definition) is 1. The maximum Gasteiger partial charge on any atom is 0.117 e. The standard InChI is InChI=1S/C16H23N3O/c1-16(2,3)19-14-8-6-5-7-12(14)18-15(19)11-9-20-10-13(11)17-4/h5-8,11,13,17H,9-10H2,1-4H3. The van der Waals surface area contributed by atoms with Crippen LogP contribution in [0.5, 0.6) is 0 Å². The van der Waals surface area contributed by atoms with Gasteiger partial charge in [0.1, 0.15) is 5.82 Å². The van der Waals surface area contributed by atoms with Gasteiger partial charge in [-0.05, 0) is 40.0 Å². The van der Waals surface area contributed by atoms with Crippen LogP contribution in [-0.4, -0.2) is 35.9 Å². The predicted octanol–water partition coefficient (Wildman–Crippen LogP) is 2.49. The van der Waals surface area contributed by atoms with Gasteiger partial charge in [-0.3, -0.25) is 0 Å². The molecule has 0 radical (unpaired) electrons. The third-order valence-corrected chi connectivity index (χ3v) is 4.04. The van der Waals surface area contributed by atoms with Crippen molar-refractivity contribution in [3.63, 3.8) is 0 Å². The lowest BCUT2D eigenvalue weighted by Crippen LogP contribution is -2.35. The van der Waals surface area contributed by atoms with Crippen LogP contribution < -0.4 is 5.32 Å². The fraction of sp³-hybridized carbons (Fsp3) is 0.562. The molecule has 1 aliphatic heterocycles. The summed E-state index contributed by atoms with van der Waals surface area (Å²) >= 11 is 0. The van der Waals surface area contributed by atoms with Crippen LogP contribution in [-0.2, 0) is 10.3 Å². The molecule has 4 heteroatoms. The van der Waals surface area contributed by atoms with Gasteiger partial charge in [0, 0.05) is 11.6 Å². The average Bonchev–Trinajstić information content (AvgIpc) is 3.01. The molecular formula is C16H23N3O. The minimum Gasteiger partial charge on any atom is -0.379 e. The summed E-state index contributed by atoms with van der Waals surface area (Å²) in [5, 5.41) is 3.36. The largest absolute Gasteiger partial charge is 0.379 e. The molecule has 0 aliphatic carbocycles.